The molecular weight excluding hydrogens is 142 g/mol. The monoisotopic (exact) mass is 152 g/mol. The predicted molar refractivity (Wildman–Crippen MR) is 36.4 cm³/mol. The van der Waals surface area contributed by atoms with Crippen LogP contribution in [-0.2, 0) is 0 Å². The molecule has 3 atom stereocenters. The van der Waals surface area contributed by atoms with Crippen LogP contribution in [0.25, 0.3) is 0 Å². The average molecular weight is 152 g/mol. The number of hydrogen-bond acceptors (Lipinski definition) is 1. The number of alkyl halides is 2. The second-order valence-corrected chi connectivity index (χ2v) is 3.15. The van der Waals surface area contributed by atoms with Crippen LogP contribution < -0.4 is 0 Å². The van der Waals surface area contributed by atoms with E-state index in [1.54, 1.807) is 0 Å². The van der Waals surface area contributed by atoms with E-state index in [0.29, 0.717) is 6.42 Å². The minimum absolute atomic E-state index is 0.0506. The van der Waals surface area contributed by atoms with Gasteiger partial charge in [0.15, 0.2) is 5.67 Å². The van der Waals surface area contributed by atoms with Crippen molar-refractivity contribution in [3.05, 3.63) is 0 Å². The zero-order valence-corrected chi connectivity index (χ0v) is 6.17. The molecule has 1 rings (SSSR count). The topological polar surface area (TPSA) is 0 Å². The summed E-state index contributed by atoms with van der Waals surface area (Å²) in [7, 11) is 0. The van der Waals surface area contributed by atoms with Crippen molar-refractivity contribution >= 4 is 12.6 Å². The minimum Gasteiger partial charge on any atom is -0.244 e. The van der Waals surface area contributed by atoms with Gasteiger partial charge in [-0.15, -0.1) is 0 Å². The Hall–Kier alpha value is 0.210. The quantitative estimate of drug-likeness (QED) is 0.576. The summed E-state index contributed by atoms with van der Waals surface area (Å²) < 4.78 is 25.0. The molecule has 54 valence electrons. The van der Waals surface area contributed by atoms with Crippen LogP contribution in [0.15, 0.2) is 0 Å². The van der Waals surface area contributed by atoms with Crippen LogP contribution in [0.3, 0.4) is 0 Å². The SMILES string of the molecule is CCC(S)C1(F)CC1F. The summed E-state index contributed by atoms with van der Waals surface area (Å²) in [5.41, 5.74) is -1.59. The van der Waals surface area contributed by atoms with Crippen molar-refractivity contribution in [3.63, 3.8) is 0 Å². The Morgan fingerprint density at radius 3 is 2.44 bits per heavy atom. The first-order chi connectivity index (χ1) is 4.11. The van der Waals surface area contributed by atoms with Crippen LogP contribution in [0.4, 0.5) is 8.78 Å². The maximum atomic E-state index is 12.8. The van der Waals surface area contributed by atoms with E-state index in [4.69, 9.17) is 0 Å². The molecule has 1 aliphatic rings. The van der Waals surface area contributed by atoms with Gasteiger partial charge in [-0.05, 0) is 6.42 Å². The van der Waals surface area contributed by atoms with Gasteiger partial charge in [-0.25, -0.2) is 8.78 Å². The highest BCUT2D eigenvalue weighted by Crippen LogP contribution is 2.48. The van der Waals surface area contributed by atoms with E-state index in [1.165, 1.54) is 0 Å². The first kappa shape index (κ1) is 7.32. The number of thiol groups is 1. The van der Waals surface area contributed by atoms with E-state index in [2.05, 4.69) is 12.6 Å². The molecular formula is C6H10F2S. The van der Waals surface area contributed by atoms with E-state index in [-0.39, 0.29) is 6.42 Å². The van der Waals surface area contributed by atoms with Gasteiger partial charge in [-0.2, -0.15) is 12.6 Å². The standard InChI is InChI=1S/C6H10F2S/c1-2-5(9)6(8)3-4(6)7/h4-5,9H,2-3H2,1H3. The lowest BCUT2D eigenvalue weighted by atomic mass is 10.2. The molecule has 3 heteroatoms. The Bertz CT molecular complexity index is 118. The summed E-state index contributed by atoms with van der Waals surface area (Å²) >= 11 is 3.92. The number of rotatable bonds is 2. The van der Waals surface area contributed by atoms with Gasteiger partial charge in [-0.1, -0.05) is 6.92 Å². The fraction of sp³-hybridized carbons (Fsp3) is 1.00. The van der Waals surface area contributed by atoms with E-state index in [1.807, 2.05) is 6.92 Å². The molecule has 0 aromatic rings. The Labute approximate surface area is 59.0 Å². The maximum Gasteiger partial charge on any atom is 0.156 e. The minimum atomic E-state index is -1.59. The highest BCUT2D eigenvalue weighted by atomic mass is 32.1. The van der Waals surface area contributed by atoms with Crippen molar-refractivity contribution in [3.8, 4) is 0 Å². The third kappa shape index (κ3) is 1.07. The molecule has 0 aromatic heterocycles. The molecule has 0 aliphatic heterocycles. The lowest BCUT2D eigenvalue weighted by Crippen LogP contribution is -2.19. The van der Waals surface area contributed by atoms with E-state index in [0.717, 1.165) is 0 Å². The molecule has 0 saturated heterocycles. The molecule has 0 heterocycles. The normalized spacial score (nSPS) is 44.7. The molecule has 0 spiro atoms. The largest absolute Gasteiger partial charge is 0.244 e. The van der Waals surface area contributed by atoms with E-state index < -0.39 is 17.1 Å². The summed E-state index contributed by atoms with van der Waals surface area (Å²) in [6.07, 6.45) is -0.602. The van der Waals surface area contributed by atoms with Crippen LogP contribution in [0, 0.1) is 0 Å². The lowest BCUT2D eigenvalue weighted by molar-refractivity contribution is 0.240. The first-order valence-electron chi connectivity index (χ1n) is 3.12. The van der Waals surface area contributed by atoms with Gasteiger partial charge in [-0.3, -0.25) is 0 Å². The second kappa shape index (κ2) is 2.11. The van der Waals surface area contributed by atoms with Crippen molar-refractivity contribution in [1.29, 1.82) is 0 Å². The number of hydrogen-bond donors (Lipinski definition) is 1. The molecule has 0 N–H and O–H groups in total. The van der Waals surface area contributed by atoms with Gasteiger partial charge in [0.05, 0.1) is 0 Å². The molecule has 1 aliphatic carbocycles. The van der Waals surface area contributed by atoms with Gasteiger partial charge >= 0.3 is 0 Å². The Morgan fingerprint density at radius 1 is 1.89 bits per heavy atom. The van der Waals surface area contributed by atoms with Gasteiger partial charge in [0, 0.05) is 11.7 Å². The Balaban J connectivity index is 2.43. The van der Waals surface area contributed by atoms with Crippen LogP contribution in [0.2, 0.25) is 0 Å². The highest BCUT2D eigenvalue weighted by molar-refractivity contribution is 7.81. The Kier molecular flexibility index (Phi) is 1.72. The van der Waals surface area contributed by atoms with Crippen molar-refractivity contribution in [1.82, 2.24) is 0 Å². The lowest BCUT2D eigenvalue weighted by Gasteiger charge is -2.10. The van der Waals surface area contributed by atoms with Crippen LogP contribution >= 0.6 is 12.6 Å². The maximum absolute atomic E-state index is 12.8. The van der Waals surface area contributed by atoms with E-state index >= 15 is 0 Å². The molecule has 0 bridgehead atoms. The molecule has 0 nitrogen and oxygen atoms in total. The average Bonchev–Trinajstić information content (AvgIpc) is 2.41. The molecule has 3 unspecified atom stereocenters. The third-order valence-corrected chi connectivity index (χ3v) is 2.59. The second-order valence-electron chi connectivity index (χ2n) is 2.52. The predicted octanol–water partition coefficient (Wildman–Crippen LogP) is 2.14. The summed E-state index contributed by atoms with van der Waals surface area (Å²) in [5.74, 6) is 0. The summed E-state index contributed by atoms with van der Waals surface area (Å²) in [5, 5.41) is -0.410. The molecule has 1 fully saturated rings. The zero-order chi connectivity index (χ0) is 7.07. The first-order valence-corrected chi connectivity index (χ1v) is 3.64. The molecule has 1 saturated carbocycles. The molecule has 0 radical (unpaired) electrons. The fourth-order valence-corrected chi connectivity index (χ4v) is 1.17. The van der Waals surface area contributed by atoms with Crippen molar-refractivity contribution in [2.24, 2.45) is 0 Å². The van der Waals surface area contributed by atoms with Gasteiger partial charge in [0.1, 0.15) is 6.17 Å². The molecule has 0 amide bonds. The number of halogens is 2. The molecule has 0 aromatic carbocycles. The Morgan fingerprint density at radius 2 is 2.33 bits per heavy atom. The van der Waals surface area contributed by atoms with Gasteiger partial charge in [0.25, 0.3) is 0 Å². The van der Waals surface area contributed by atoms with Crippen molar-refractivity contribution < 1.29 is 8.78 Å². The van der Waals surface area contributed by atoms with Crippen molar-refractivity contribution in [2.75, 3.05) is 0 Å². The fourth-order valence-electron chi connectivity index (χ4n) is 0.900. The highest BCUT2D eigenvalue weighted by Gasteiger charge is 2.60. The summed E-state index contributed by atoms with van der Waals surface area (Å²) in [6, 6.07) is 0. The third-order valence-electron chi connectivity index (χ3n) is 1.79. The van der Waals surface area contributed by atoms with E-state index in [9.17, 15) is 8.78 Å². The van der Waals surface area contributed by atoms with Crippen molar-refractivity contribution in [2.45, 2.75) is 36.9 Å². The van der Waals surface area contributed by atoms with Gasteiger partial charge in [0.2, 0.25) is 0 Å². The zero-order valence-electron chi connectivity index (χ0n) is 5.27. The smallest absolute Gasteiger partial charge is 0.156 e. The van der Waals surface area contributed by atoms with Crippen LogP contribution in [0.5, 0.6) is 0 Å². The summed E-state index contributed by atoms with van der Waals surface area (Å²) in [6.45, 7) is 1.81. The summed E-state index contributed by atoms with van der Waals surface area (Å²) in [4.78, 5) is 0. The van der Waals surface area contributed by atoms with Crippen LogP contribution in [-0.4, -0.2) is 17.1 Å². The van der Waals surface area contributed by atoms with Crippen LogP contribution in [0.1, 0.15) is 19.8 Å². The molecule has 9 heavy (non-hydrogen) atoms. The van der Waals surface area contributed by atoms with Gasteiger partial charge < -0.3 is 0 Å².